The Balaban J connectivity index is 1.91. The molecule has 0 radical (unpaired) electrons. The number of hydrogen-bond acceptors (Lipinski definition) is 4. The van der Waals surface area contributed by atoms with E-state index in [1.165, 1.54) is 12.8 Å². The highest BCUT2D eigenvalue weighted by atomic mass is 15.4. The van der Waals surface area contributed by atoms with Crippen molar-refractivity contribution in [2.24, 2.45) is 10.2 Å². The monoisotopic (exact) mass is 168 g/mol. The average Bonchev–Trinajstić information content (AvgIpc) is 2.58. The summed E-state index contributed by atoms with van der Waals surface area (Å²) in [5, 5.41) is 11.8. The van der Waals surface area contributed by atoms with Crippen LogP contribution in [0.25, 0.3) is 0 Å². The molecule has 2 aliphatic rings. The summed E-state index contributed by atoms with van der Waals surface area (Å²) in [7, 11) is 0. The second-order valence-electron chi connectivity index (χ2n) is 3.61. The van der Waals surface area contributed by atoms with Crippen LogP contribution >= 0.6 is 0 Å². The van der Waals surface area contributed by atoms with Crippen LogP contribution < -0.4 is 5.32 Å². The van der Waals surface area contributed by atoms with Gasteiger partial charge in [-0.3, -0.25) is 4.90 Å². The normalized spacial score (nSPS) is 37.4. The van der Waals surface area contributed by atoms with Crippen LogP contribution in [0.15, 0.2) is 10.2 Å². The predicted molar refractivity (Wildman–Crippen MR) is 46.9 cm³/mol. The van der Waals surface area contributed by atoms with E-state index in [1.54, 1.807) is 0 Å². The summed E-state index contributed by atoms with van der Waals surface area (Å²) in [6.45, 7) is 5.33. The molecule has 4 nitrogen and oxygen atoms in total. The largest absolute Gasteiger partial charge is 0.303 e. The Morgan fingerprint density at radius 1 is 1.33 bits per heavy atom. The van der Waals surface area contributed by atoms with Gasteiger partial charge in [-0.05, 0) is 19.8 Å². The molecule has 0 bridgehead atoms. The van der Waals surface area contributed by atoms with Crippen molar-refractivity contribution in [2.75, 3.05) is 19.8 Å². The third-order valence-corrected chi connectivity index (χ3v) is 2.55. The van der Waals surface area contributed by atoms with Crippen molar-refractivity contribution in [2.45, 2.75) is 32.0 Å². The Hall–Kier alpha value is -0.480. The van der Waals surface area contributed by atoms with Crippen LogP contribution in [0.4, 0.5) is 0 Å². The van der Waals surface area contributed by atoms with Crippen LogP contribution in [0.5, 0.6) is 0 Å². The zero-order chi connectivity index (χ0) is 8.39. The van der Waals surface area contributed by atoms with Gasteiger partial charge in [-0.2, -0.15) is 10.2 Å². The van der Waals surface area contributed by atoms with Crippen LogP contribution in [0.1, 0.15) is 19.8 Å². The first-order valence-corrected chi connectivity index (χ1v) is 4.71. The van der Waals surface area contributed by atoms with E-state index >= 15 is 0 Å². The van der Waals surface area contributed by atoms with Gasteiger partial charge < -0.3 is 5.32 Å². The van der Waals surface area contributed by atoms with Crippen LogP contribution in [0.2, 0.25) is 0 Å². The lowest BCUT2D eigenvalue weighted by molar-refractivity contribution is 0.203. The first-order valence-electron chi connectivity index (χ1n) is 4.71. The molecular weight excluding hydrogens is 152 g/mol. The van der Waals surface area contributed by atoms with Gasteiger partial charge in [-0.15, -0.1) is 0 Å². The second-order valence-corrected chi connectivity index (χ2v) is 3.61. The molecule has 2 atom stereocenters. The van der Waals surface area contributed by atoms with Crippen LogP contribution in [-0.4, -0.2) is 36.9 Å². The lowest BCUT2D eigenvalue weighted by atomic mass is 10.1. The Morgan fingerprint density at radius 2 is 2.25 bits per heavy atom. The average molecular weight is 168 g/mol. The van der Waals surface area contributed by atoms with E-state index in [2.05, 4.69) is 27.4 Å². The number of nitrogens with one attached hydrogen (secondary N) is 1. The molecule has 1 saturated heterocycles. The molecule has 0 spiro atoms. The smallest absolute Gasteiger partial charge is 0.124 e. The minimum atomic E-state index is 0.358. The molecule has 2 aliphatic heterocycles. The molecule has 12 heavy (non-hydrogen) atoms. The van der Waals surface area contributed by atoms with Crippen molar-refractivity contribution in [3.05, 3.63) is 0 Å². The summed E-state index contributed by atoms with van der Waals surface area (Å²) < 4.78 is 0. The maximum atomic E-state index is 4.30. The van der Waals surface area contributed by atoms with E-state index in [9.17, 15) is 0 Å². The van der Waals surface area contributed by atoms with E-state index in [0.29, 0.717) is 12.2 Å². The number of azo groups is 1. The summed E-state index contributed by atoms with van der Waals surface area (Å²) in [4.78, 5) is 2.36. The van der Waals surface area contributed by atoms with Gasteiger partial charge in [-0.25, -0.2) is 0 Å². The third-order valence-electron chi connectivity index (χ3n) is 2.55. The lowest BCUT2D eigenvalue weighted by Gasteiger charge is -2.25. The number of nitrogens with zero attached hydrogens (tertiary/aromatic N) is 3. The number of rotatable bonds is 1. The zero-order valence-corrected chi connectivity index (χ0v) is 7.53. The van der Waals surface area contributed by atoms with Gasteiger partial charge in [-0.1, -0.05) is 0 Å². The third kappa shape index (κ3) is 1.64. The lowest BCUT2D eigenvalue weighted by Crippen LogP contribution is -2.34. The summed E-state index contributed by atoms with van der Waals surface area (Å²) in [6, 6.07) is 0.441. The first-order chi connectivity index (χ1) is 5.86. The second kappa shape index (κ2) is 3.49. The minimum absolute atomic E-state index is 0.358. The Morgan fingerprint density at radius 3 is 2.83 bits per heavy atom. The van der Waals surface area contributed by atoms with Crippen LogP contribution in [-0.2, 0) is 0 Å². The van der Waals surface area contributed by atoms with E-state index in [0.717, 1.165) is 19.8 Å². The molecule has 1 fully saturated rings. The zero-order valence-electron chi connectivity index (χ0n) is 7.53. The summed E-state index contributed by atoms with van der Waals surface area (Å²) >= 11 is 0. The van der Waals surface area contributed by atoms with Gasteiger partial charge in [0.1, 0.15) is 6.17 Å². The van der Waals surface area contributed by atoms with Gasteiger partial charge in [0.25, 0.3) is 0 Å². The molecule has 1 N–H and O–H groups in total. The quantitative estimate of drug-likeness (QED) is 0.629. The van der Waals surface area contributed by atoms with Crippen molar-refractivity contribution in [3.63, 3.8) is 0 Å². The van der Waals surface area contributed by atoms with Crippen molar-refractivity contribution < 1.29 is 0 Å². The van der Waals surface area contributed by atoms with Crippen molar-refractivity contribution in [1.29, 1.82) is 0 Å². The minimum Gasteiger partial charge on any atom is -0.303 e. The Bertz CT molecular complexity index is 174. The van der Waals surface area contributed by atoms with Gasteiger partial charge in [0.05, 0.1) is 12.7 Å². The molecule has 0 aromatic carbocycles. The molecular formula is C8H16N4. The molecule has 0 aromatic rings. The van der Waals surface area contributed by atoms with Crippen LogP contribution in [0, 0.1) is 0 Å². The fraction of sp³-hybridized carbons (Fsp3) is 1.00. The van der Waals surface area contributed by atoms with Gasteiger partial charge in [0.15, 0.2) is 0 Å². The topological polar surface area (TPSA) is 40.0 Å². The highest BCUT2D eigenvalue weighted by Crippen LogP contribution is 2.18. The summed E-state index contributed by atoms with van der Waals surface area (Å²) in [5.41, 5.74) is 0. The predicted octanol–water partition coefficient (Wildman–Crippen LogP) is 0.810. The molecule has 0 saturated carbocycles. The molecule has 0 amide bonds. The Labute approximate surface area is 73.0 Å². The molecule has 4 heteroatoms. The van der Waals surface area contributed by atoms with Gasteiger partial charge in [0, 0.05) is 13.1 Å². The summed E-state index contributed by atoms with van der Waals surface area (Å²) in [5.74, 6) is 0. The fourth-order valence-electron chi connectivity index (χ4n) is 1.73. The van der Waals surface area contributed by atoms with Crippen molar-refractivity contribution in [1.82, 2.24) is 10.2 Å². The van der Waals surface area contributed by atoms with E-state index in [-0.39, 0.29) is 0 Å². The number of hydrogen-bond donors (Lipinski definition) is 1. The molecule has 68 valence electrons. The molecule has 2 rings (SSSR count). The Kier molecular flexibility index (Phi) is 2.37. The maximum absolute atomic E-state index is 4.30. The summed E-state index contributed by atoms with van der Waals surface area (Å²) in [6.07, 6.45) is 2.72. The molecule has 2 unspecified atom stereocenters. The van der Waals surface area contributed by atoms with Crippen molar-refractivity contribution in [3.8, 4) is 0 Å². The van der Waals surface area contributed by atoms with Gasteiger partial charge >= 0.3 is 0 Å². The van der Waals surface area contributed by atoms with E-state index in [1.807, 2.05) is 0 Å². The fourth-order valence-corrected chi connectivity index (χ4v) is 1.73. The van der Waals surface area contributed by atoms with Gasteiger partial charge in [0.2, 0.25) is 0 Å². The van der Waals surface area contributed by atoms with Crippen LogP contribution in [0.3, 0.4) is 0 Å². The van der Waals surface area contributed by atoms with E-state index < -0.39 is 0 Å². The van der Waals surface area contributed by atoms with E-state index in [4.69, 9.17) is 0 Å². The SMILES string of the molecule is CC1CCC(N2CCNC2)N=N1. The molecule has 2 heterocycles. The first kappa shape index (κ1) is 8.13. The van der Waals surface area contributed by atoms with Crippen molar-refractivity contribution >= 4 is 0 Å². The highest BCUT2D eigenvalue weighted by Gasteiger charge is 2.23. The highest BCUT2D eigenvalue weighted by molar-refractivity contribution is 4.78. The molecule has 0 aliphatic carbocycles. The standard InChI is InChI=1S/C8H16N4/c1-7-2-3-8(11-10-7)12-5-4-9-6-12/h7-9H,2-6H2,1H3. The maximum Gasteiger partial charge on any atom is 0.124 e. The molecule has 0 aromatic heterocycles.